The van der Waals surface area contributed by atoms with E-state index in [0.29, 0.717) is 12.4 Å². The molecule has 0 spiro atoms. The Labute approximate surface area is 148 Å². The third-order valence-electron chi connectivity index (χ3n) is 3.83. The van der Waals surface area contributed by atoms with Crippen molar-refractivity contribution in [1.29, 1.82) is 0 Å². The molecule has 0 saturated heterocycles. The highest BCUT2D eigenvalue weighted by atomic mass is 32.1. The van der Waals surface area contributed by atoms with Crippen LogP contribution in [0.25, 0.3) is 21.3 Å². The van der Waals surface area contributed by atoms with E-state index in [-0.39, 0.29) is 0 Å². The first kappa shape index (κ1) is 15.2. The zero-order valence-corrected chi connectivity index (χ0v) is 14.6. The minimum atomic E-state index is 0.483. The molecule has 3 heterocycles. The van der Waals surface area contributed by atoms with Crippen LogP contribution in [0.3, 0.4) is 0 Å². The number of benzene rings is 1. The van der Waals surface area contributed by atoms with Crippen LogP contribution in [0.1, 0.15) is 5.56 Å². The summed E-state index contributed by atoms with van der Waals surface area (Å²) in [5, 5.41) is 7.30. The summed E-state index contributed by atoms with van der Waals surface area (Å²) in [6.45, 7) is 0.627. The average Bonchev–Trinajstić information content (AvgIpc) is 3.28. The van der Waals surface area contributed by atoms with Crippen LogP contribution in [0.4, 0.5) is 5.82 Å². The van der Waals surface area contributed by atoms with Crippen molar-refractivity contribution in [3.63, 3.8) is 0 Å². The molecule has 120 valence electrons. The van der Waals surface area contributed by atoms with E-state index in [1.807, 2.05) is 0 Å². The highest BCUT2D eigenvalue weighted by molar-refractivity contribution is 7.13. The summed E-state index contributed by atoms with van der Waals surface area (Å²) in [4.78, 5) is 5.69. The summed E-state index contributed by atoms with van der Waals surface area (Å²) in [6.07, 6.45) is 0.889. The van der Waals surface area contributed by atoms with Gasteiger partial charge in [-0.1, -0.05) is 12.1 Å². The number of rotatable bonds is 5. The molecule has 24 heavy (non-hydrogen) atoms. The molecule has 2 N–H and O–H groups in total. The van der Waals surface area contributed by atoms with Crippen LogP contribution < -0.4 is 10.5 Å². The number of nitrogens with two attached hydrogens (primary N) is 1. The van der Waals surface area contributed by atoms with Crippen LogP contribution in [0.15, 0.2) is 58.6 Å². The zero-order valence-electron chi connectivity index (χ0n) is 12.9. The normalized spacial score (nSPS) is 11.0. The second-order valence-corrected chi connectivity index (χ2v) is 7.21. The highest BCUT2D eigenvalue weighted by Crippen LogP contribution is 2.32. The first-order valence-electron chi connectivity index (χ1n) is 7.67. The Hall–Kier alpha value is -2.37. The first-order valence-corrected chi connectivity index (χ1v) is 9.50. The van der Waals surface area contributed by atoms with Crippen molar-refractivity contribution in [1.82, 2.24) is 4.98 Å². The molecule has 0 unspecified atom stereocenters. The van der Waals surface area contributed by atoms with E-state index in [0.717, 1.165) is 28.6 Å². The van der Waals surface area contributed by atoms with Gasteiger partial charge in [0.15, 0.2) is 0 Å². The molecule has 4 aromatic rings. The Morgan fingerprint density at radius 2 is 2.04 bits per heavy atom. The lowest BCUT2D eigenvalue weighted by molar-refractivity contribution is 0.326. The molecule has 0 aliphatic rings. The predicted molar refractivity (Wildman–Crippen MR) is 103 cm³/mol. The second-order valence-electron chi connectivity index (χ2n) is 5.48. The molecule has 5 heteroatoms. The third kappa shape index (κ3) is 3.13. The molecular formula is C19H16N2OS2. The van der Waals surface area contributed by atoms with Crippen LogP contribution in [-0.4, -0.2) is 11.6 Å². The summed E-state index contributed by atoms with van der Waals surface area (Å²) in [5.74, 6) is 1.28. The fourth-order valence-electron chi connectivity index (χ4n) is 2.65. The van der Waals surface area contributed by atoms with Gasteiger partial charge in [0.05, 0.1) is 12.1 Å². The average molecular weight is 352 g/mol. The highest BCUT2D eigenvalue weighted by Gasteiger charge is 2.08. The van der Waals surface area contributed by atoms with Gasteiger partial charge in [0, 0.05) is 22.8 Å². The maximum Gasteiger partial charge on any atom is 0.132 e. The monoisotopic (exact) mass is 352 g/mol. The van der Waals surface area contributed by atoms with E-state index >= 15 is 0 Å². The molecule has 3 nitrogen and oxygen atoms in total. The van der Waals surface area contributed by atoms with Gasteiger partial charge in [0.2, 0.25) is 0 Å². The lowest BCUT2D eigenvalue weighted by Crippen LogP contribution is -2.02. The Morgan fingerprint density at radius 3 is 2.83 bits per heavy atom. The second kappa shape index (κ2) is 6.63. The number of nitrogens with zero attached hydrogens (tertiary/aromatic N) is 1. The molecule has 3 aromatic heterocycles. The summed E-state index contributed by atoms with van der Waals surface area (Å²) < 4.78 is 5.99. The van der Waals surface area contributed by atoms with Gasteiger partial charge in [0.1, 0.15) is 11.6 Å². The van der Waals surface area contributed by atoms with E-state index in [2.05, 4.69) is 57.5 Å². The molecule has 0 amide bonds. The molecule has 0 radical (unpaired) electrons. The minimum Gasteiger partial charge on any atom is -0.492 e. The zero-order chi connectivity index (χ0) is 16.4. The van der Waals surface area contributed by atoms with Crippen LogP contribution in [0.2, 0.25) is 0 Å². The summed E-state index contributed by atoms with van der Waals surface area (Å²) >= 11 is 3.42. The third-order valence-corrected chi connectivity index (χ3v) is 5.48. The maximum absolute atomic E-state index is 5.99. The van der Waals surface area contributed by atoms with Gasteiger partial charge in [0.25, 0.3) is 0 Å². The standard InChI is InChI=1S/C19H16N2OS2/c20-19-11-17(22-7-5-13-6-9-23-12-13)15-4-3-14(10-16(15)21-19)18-2-1-8-24-18/h1-4,6,8-12H,5,7H2,(H2,20,21). The molecule has 0 aliphatic carbocycles. The number of hydrogen-bond acceptors (Lipinski definition) is 5. The molecule has 0 aliphatic heterocycles. The van der Waals surface area contributed by atoms with Gasteiger partial charge < -0.3 is 10.5 Å². The van der Waals surface area contributed by atoms with E-state index in [1.165, 1.54) is 10.4 Å². The quantitative estimate of drug-likeness (QED) is 0.535. The van der Waals surface area contributed by atoms with Crippen molar-refractivity contribution in [2.24, 2.45) is 0 Å². The van der Waals surface area contributed by atoms with E-state index < -0.39 is 0 Å². The topological polar surface area (TPSA) is 48.1 Å². The smallest absolute Gasteiger partial charge is 0.132 e. The first-order chi connectivity index (χ1) is 11.8. The van der Waals surface area contributed by atoms with Gasteiger partial charge in [-0.15, -0.1) is 11.3 Å². The number of aromatic nitrogens is 1. The van der Waals surface area contributed by atoms with E-state index in [9.17, 15) is 0 Å². The fourth-order valence-corrected chi connectivity index (χ4v) is 4.07. The maximum atomic E-state index is 5.99. The summed E-state index contributed by atoms with van der Waals surface area (Å²) in [7, 11) is 0. The SMILES string of the molecule is Nc1cc(OCCc2ccsc2)c2ccc(-c3cccs3)cc2n1. The number of thiophene rings is 2. The number of pyridine rings is 1. The number of ether oxygens (including phenoxy) is 1. The van der Waals surface area contributed by atoms with Crippen LogP contribution in [-0.2, 0) is 6.42 Å². The molecule has 4 rings (SSSR count). The Bertz CT molecular complexity index is 947. The van der Waals surface area contributed by atoms with Gasteiger partial charge in [-0.2, -0.15) is 11.3 Å². The summed E-state index contributed by atoms with van der Waals surface area (Å²) in [6, 6.07) is 14.3. The molecule has 0 saturated carbocycles. The lowest BCUT2D eigenvalue weighted by Gasteiger charge is -2.10. The fraction of sp³-hybridized carbons (Fsp3) is 0.105. The Morgan fingerprint density at radius 1 is 1.08 bits per heavy atom. The van der Waals surface area contributed by atoms with Crippen LogP contribution >= 0.6 is 22.7 Å². The molecular weight excluding hydrogens is 336 g/mol. The Kier molecular flexibility index (Phi) is 4.19. The number of fused-ring (bicyclic) bond motifs is 1. The number of hydrogen-bond donors (Lipinski definition) is 1. The van der Waals surface area contributed by atoms with Crippen molar-refractivity contribution < 1.29 is 4.74 Å². The van der Waals surface area contributed by atoms with Gasteiger partial charge in [-0.25, -0.2) is 4.98 Å². The minimum absolute atomic E-state index is 0.483. The largest absolute Gasteiger partial charge is 0.492 e. The number of anilines is 1. The van der Waals surface area contributed by atoms with Crippen molar-refractivity contribution in [3.8, 4) is 16.2 Å². The predicted octanol–water partition coefficient (Wildman–Crippen LogP) is 5.23. The van der Waals surface area contributed by atoms with Gasteiger partial charge >= 0.3 is 0 Å². The summed E-state index contributed by atoms with van der Waals surface area (Å²) in [5.41, 5.74) is 9.29. The van der Waals surface area contributed by atoms with Crippen molar-refractivity contribution in [2.75, 3.05) is 12.3 Å². The van der Waals surface area contributed by atoms with E-state index in [1.54, 1.807) is 28.7 Å². The van der Waals surface area contributed by atoms with Crippen LogP contribution in [0.5, 0.6) is 5.75 Å². The van der Waals surface area contributed by atoms with E-state index in [4.69, 9.17) is 10.5 Å². The lowest BCUT2D eigenvalue weighted by atomic mass is 10.1. The molecule has 1 aromatic carbocycles. The molecule has 0 fully saturated rings. The molecule has 0 bridgehead atoms. The van der Waals surface area contributed by atoms with Crippen molar-refractivity contribution in [2.45, 2.75) is 6.42 Å². The van der Waals surface area contributed by atoms with Gasteiger partial charge in [-0.05, 0) is 51.5 Å². The molecule has 0 atom stereocenters. The van der Waals surface area contributed by atoms with Crippen LogP contribution in [0, 0.1) is 0 Å². The van der Waals surface area contributed by atoms with Gasteiger partial charge in [-0.3, -0.25) is 0 Å². The van der Waals surface area contributed by atoms with Crippen molar-refractivity contribution in [3.05, 3.63) is 64.2 Å². The number of nitrogen functional groups attached to an aromatic ring is 1. The van der Waals surface area contributed by atoms with Crippen molar-refractivity contribution >= 4 is 39.4 Å². The Balaban J connectivity index is 1.62.